The Hall–Kier alpha value is -0.790. The third-order valence-electron chi connectivity index (χ3n) is 4.61. The third kappa shape index (κ3) is 4.14. The maximum absolute atomic E-state index is 12.5. The first-order valence-electron chi connectivity index (χ1n) is 7.59. The van der Waals surface area contributed by atoms with Gasteiger partial charge < -0.3 is 5.32 Å². The zero-order valence-electron chi connectivity index (χ0n) is 12.3. The summed E-state index contributed by atoms with van der Waals surface area (Å²) < 4.78 is 37.5. The second-order valence-electron chi connectivity index (χ2n) is 6.09. The number of nitrogens with zero attached hydrogens (tertiary/aromatic N) is 2. The van der Waals surface area contributed by atoms with Gasteiger partial charge in [-0.1, -0.05) is 0 Å². The van der Waals surface area contributed by atoms with E-state index in [1.54, 1.807) is 0 Å². The molecule has 0 radical (unpaired) electrons. The molecule has 2 aliphatic rings. The van der Waals surface area contributed by atoms with Crippen molar-refractivity contribution in [3.05, 3.63) is 17.5 Å². The zero-order valence-corrected chi connectivity index (χ0v) is 13.1. The van der Waals surface area contributed by atoms with Crippen molar-refractivity contribution in [1.29, 1.82) is 0 Å². The number of halogens is 4. The van der Waals surface area contributed by atoms with Gasteiger partial charge in [0.1, 0.15) is 0 Å². The van der Waals surface area contributed by atoms with Gasteiger partial charge >= 0.3 is 6.18 Å². The molecule has 1 unspecified atom stereocenters. The highest BCUT2D eigenvalue weighted by Crippen LogP contribution is 2.29. The van der Waals surface area contributed by atoms with Crippen LogP contribution >= 0.6 is 12.4 Å². The Bertz CT molecular complexity index is 463. The molecular formula is C14H22ClF3N4. The molecule has 0 aromatic carbocycles. The number of hydrogen-bond acceptors (Lipinski definition) is 3. The Morgan fingerprint density at radius 2 is 1.95 bits per heavy atom. The summed E-state index contributed by atoms with van der Waals surface area (Å²) in [5, 5.41) is 9.40. The van der Waals surface area contributed by atoms with Gasteiger partial charge in [0.15, 0.2) is 5.69 Å². The van der Waals surface area contributed by atoms with Crippen LogP contribution in [0.1, 0.15) is 37.1 Å². The van der Waals surface area contributed by atoms with Crippen LogP contribution in [0.15, 0.2) is 6.07 Å². The van der Waals surface area contributed by atoms with Crippen LogP contribution in [-0.2, 0) is 12.7 Å². The van der Waals surface area contributed by atoms with Crippen LogP contribution in [0.2, 0.25) is 0 Å². The molecule has 0 amide bonds. The number of H-pyrrole nitrogens is 1. The van der Waals surface area contributed by atoms with Crippen LogP contribution in [0, 0.1) is 5.92 Å². The van der Waals surface area contributed by atoms with Crippen molar-refractivity contribution in [2.24, 2.45) is 5.92 Å². The van der Waals surface area contributed by atoms with E-state index in [9.17, 15) is 13.2 Å². The quantitative estimate of drug-likeness (QED) is 0.890. The Morgan fingerprint density at radius 1 is 1.23 bits per heavy atom. The predicted molar refractivity (Wildman–Crippen MR) is 79.9 cm³/mol. The van der Waals surface area contributed by atoms with Crippen LogP contribution in [0.4, 0.5) is 13.2 Å². The summed E-state index contributed by atoms with van der Waals surface area (Å²) in [7, 11) is 0. The molecule has 2 aliphatic heterocycles. The molecule has 8 heteroatoms. The van der Waals surface area contributed by atoms with E-state index in [1.165, 1.54) is 12.8 Å². The molecule has 1 aromatic rings. The molecular weight excluding hydrogens is 317 g/mol. The van der Waals surface area contributed by atoms with Crippen molar-refractivity contribution in [2.75, 3.05) is 19.6 Å². The number of rotatable bonds is 3. The number of likely N-dealkylation sites (tertiary alicyclic amines) is 1. The van der Waals surface area contributed by atoms with E-state index in [-0.39, 0.29) is 12.4 Å². The SMILES string of the molecule is Cl.FC(F)(F)c1cc(CN2CCC(C3CCCN3)CC2)[nH]n1. The molecule has 2 saturated heterocycles. The van der Waals surface area contributed by atoms with Crippen molar-refractivity contribution >= 4 is 12.4 Å². The molecule has 1 aromatic heterocycles. The highest BCUT2D eigenvalue weighted by atomic mass is 35.5. The van der Waals surface area contributed by atoms with Crippen molar-refractivity contribution in [3.8, 4) is 0 Å². The molecule has 1 atom stereocenters. The van der Waals surface area contributed by atoms with Gasteiger partial charge in [0.05, 0.1) is 0 Å². The second-order valence-corrected chi connectivity index (χ2v) is 6.09. The van der Waals surface area contributed by atoms with Crippen LogP contribution < -0.4 is 5.32 Å². The fourth-order valence-electron chi connectivity index (χ4n) is 3.46. The highest BCUT2D eigenvalue weighted by molar-refractivity contribution is 5.85. The average molecular weight is 339 g/mol. The maximum Gasteiger partial charge on any atom is 0.435 e. The van der Waals surface area contributed by atoms with E-state index in [0.717, 1.165) is 44.5 Å². The fraction of sp³-hybridized carbons (Fsp3) is 0.786. The minimum absolute atomic E-state index is 0. The smallest absolute Gasteiger partial charge is 0.314 e. The maximum atomic E-state index is 12.5. The molecule has 126 valence electrons. The van der Waals surface area contributed by atoms with Gasteiger partial charge in [0, 0.05) is 18.3 Å². The lowest BCUT2D eigenvalue weighted by Gasteiger charge is -2.34. The molecule has 3 rings (SSSR count). The summed E-state index contributed by atoms with van der Waals surface area (Å²) in [6.07, 6.45) is 0.408. The van der Waals surface area contributed by atoms with Gasteiger partial charge in [-0.15, -0.1) is 12.4 Å². The Labute approximate surface area is 134 Å². The van der Waals surface area contributed by atoms with Gasteiger partial charge in [-0.05, 0) is 57.3 Å². The summed E-state index contributed by atoms with van der Waals surface area (Å²) in [6, 6.07) is 1.76. The van der Waals surface area contributed by atoms with Crippen LogP contribution in [0.25, 0.3) is 0 Å². The lowest BCUT2D eigenvalue weighted by Crippen LogP contribution is -2.40. The van der Waals surface area contributed by atoms with Crippen molar-refractivity contribution < 1.29 is 13.2 Å². The number of aromatic amines is 1. The van der Waals surface area contributed by atoms with Gasteiger partial charge in [-0.2, -0.15) is 18.3 Å². The molecule has 0 aliphatic carbocycles. The molecule has 0 spiro atoms. The number of nitrogens with one attached hydrogen (secondary N) is 2. The standard InChI is InChI=1S/C14H21F3N4.ClH/c15-14(16,17)13-8-11(19-20-13)9-21-6-3-10(4-7-21)12-2-1-5-18-12;/h8,10,12,18H,1-7,9H2,(H,19,20);1H. The summed E-state index contributed by atoms with van der Waals surface area (Å²) in [6.45, 7) is 3.54. The third-order valence-corrected chi connectivity index (χ3v) is 4.61. The van der Waals surface area contributed by atoms with E-state index in [1.807, 2.05) is 0 Å². The van der Waals surface area contributed by atoms with Crippen molar-refractivity contribution in [3.63, 3.8) is 0 Å². The van der Waals surface area contributed by atoms with E-state index < -0.39 is 11.9 Å². The first-order chi connectivity index (χ1) is 10.0. The topological polar surface area (TPSA) is 44.0 Å². The summed E-state index contributed by atoms with van der Waals surface area (Å²) >= 11 is 0. The summed E-state index contributed by atoms with van der Waals surface area (Å²) in [5.41, 5.74) is -0.290. The van der Waals surface area contributed by atoms with Gasteiger partial charge in [0.25, 0.3) is 0 Å². The minimum Gasteiger partial charge on any atom is -0.314 e. The van der Waals surface area contributed by atoms with Crippen LogP contribution in [0.3, 0.4) is 0 Å². The minimum atomic E-state index is -4.37. The van der Waals surface area contributed by atoms with E-state index in [2.05, 4.69) is 20.4 Å². The first-order valence-corrected chi connectivity index (χ1v) is 7.59. The number of hydrogen-bond donors (Lipinski definition) is 2. The number of piperidine rings is 1. The normalized spacial score (nSPS) is 24.4. The molecule has 2 N–H and O–H groups in total. The first kappa shape index (κ1) is 17.6. The molecule has 2 fully saturated rings. The Kier molecular flexibility index (Phi) is 5.74. The van der Waals surface area contributed by atoms with E-state index in [4.69, 9.17) is 0 Å². The molecule has 3 heterocycles. The Balaban J connectivity index is 0.00000176. The Morgan fingerprint density at radius 3 is 2.50 bits per heavy atom. The van der Waals surface area contributed by atoms with Gasteiger partial charge in [-0.3, -0.25) is 10.00 Å². The van der Waals surface area contributed by atoms with Gasteiger partial charge in [0.2, 0.25) is 0 Å². The van der Waals surface area contributed by atoms with Crippen molar-refractivity contribution in [2.45, 2.75) is 44.4 Å². The summed E-state index contributed by atoms with van der Waals surface area (Å²) in [5.74, 6) is 0.719. The number of aromatic nitrogens is 2. The van der Waals surface area contributed by atoms with Crippen LogP contribution in [-0.4, -0.2) is 40.8 Å². The van der Waals surface area contributed by atoms with E-state index >= 15 is 0 Å². The predicted octanol–water partition coefficient (Wildman–Crippen LogP) is 2.81. The lowest BCUT2D eigenvalue weighted by molar-refractivity contribution is -0.141. The second kappa shape index (κ2) is 7.19. The summed E-state index contributed by atoms with van der Waals surface area (Å²) in [4.78, 5) is 2.21. The lowest BCUT2D eigenvalue weighted by atomic mass is 9.88. The molecule has 0 bridgehead atoms. The van der Waals surface area contributed by atoms with Crippen LogP contribution in [0.5, 0.6) is 0 Å². The van der Waals surface area contributed by atoms with E-state index in [0.29, 0.717) is 18.3 Å². The van der Waals surface area contributed by atoms with Gasteiger partial charge in [-0.25, -0.2) is 0 Å². The highest BCUT2D eigenvalue weighted by Gasteiger charge is 2.34. The molecule has 0 saturated carbocycles. The number of alkyl halides is 3. The fourth-order valence-corrected chi connectivity index (χ4v) is 3.46. The monoisotopic (exact) mass is 338 g/mol. The van der Waals surface area contributed by atoms with Crippen molar-refractivity contribution in [1.82, 2.24) is 20.4 Å². The molecule has 22 heavy (non-hydrogen) atoms. The molecule has 4 nitrogen and oxygen atoms in total. The zero-order chi connectivity index (χ0) is 14.9. The largest absolute Gasteiger partial charge is 0.435 e. The average Bonchev–Trinajstić information content (AvgIpc) is 3.09.